The van der Waals surface area contributed by atoms with Crippen LogP contribution in [0.1, 0.15) is 28.9 Å². The summed E-state index contributed by atoms with van der Waals surface area (Å²) in [5.74, 6) is -5.16. The molecule has 0 radical (unpaired) electrons. The summed E-state index contributed by atoms with van der Waals surface area (Å²) in [5.41, 5.74) is 0.968. The molecule has 6 heteroatoms. The molecule has 0 aliphatic heterocycles. The Hall–Kier alpha value is -2.34. The first-order chi connectivity index (χ1) is 10.4. The van der Waals surface area contributed by atoms with Crippen LogP contribution >= 0.6 is 0 Å². The first-order valence-electron chi connectivity index (χ1n) is 6.51. The summed E-state index contributed by atoms with van der Waals surface area (Å²) in [7, 11) is 1.56. The zero-order chi connectivity index (χ0) is 16.3. The van der Waals surface area contributed by atoms with Gasteiger partial charge in [0, 0.05) is 18.4 Å². The molecule has 0 fully saturated rings. The van der Waals surface area contributed by atoms with E-state index in [1.807, 2.05) is 13.0 Å². The van der Waals surface area contributed by atoms with E-state index in [1.54, 1.807) is 25.3 Å². The van der Waals surface area contributed by atoms with E-state index in [9.17, 15) is 18.0 Å². The summed E-state index contributed by atoms with van der Waals surface area (Å²) < 4.78 is 44.3. The highest BCUT2D eigenvalue weighted by Crippen LogP contribution is 2.21. The number of hydrogen-bond donors (Lipinski definition) is 1. The molecule has 2 rings (SSSR count). The summed E-state index contributed by atoms with van der Waals surface area (Å²) in [6, 6.07) is 8.14. The van der Waals surface area contributed by atoms with E-state index in [2.05, 4.69) is 5.32 Å². The second kappa shape index (κ2) is 6.62. The van der Waals surface area contributed by atoms with E-state index in [4.69, 9.17) is 4.74 Å². The van der Waals surface area contributed by atoms with Crippen molar-refractivity contribution in [2.75, 3.05) is 12.4 Å². The molecule has 0 aromatic heterocycles. The maximum atomic E-state index is 13.1. The molecule has 3 nitrogen and oxygen atoms in total. The van der Waals surface area contributed by atoms with Crippen molar-refractivity contribution in [2.24, 2.45) is 0 Å². The highest BCUT2D eigenvalue weighted by molar-refractivity contribution is 6.04. The number of rotatable bonds is 4. The topological polar surface area (TPSA) is 38.3 Å². The molecule has 22 heavy (non-hydrogen) atoms. The highest BCUT2D eigenvalue weighted by Gasteiger charge is 2.15. The SMILES string of the molecule is COC(C)c1cccc(NC(=O)c2cc(F)c(F)c(F)c2)c1. The Kier molecular flexibility index (Phi) is 4.82. The van der Waals surface area contributed by atoms with Gasteiger partial charge in [-0.3, -0.25) is 4.79 Å². The van der Waals surface area contributed by atoms with Crippen molar-refractivity contribution in [1.29, 1.82) is 0 Å². The number of halogens is 3. The second-order valence-corrected chi connectivity index (χ2v) is 4.71. The second-order valence-electron chi connectivity index (χ2n) is 4.71. The van der Waals surface area contributed by atoms with Gasteiger partial charge >= 0.3 is 0 Å². The van der Waals surface area contributed by atoms with Crippen LogP contribution in [0.25, 0.3) is 0 Å². The Morgan fingerprint density at radius 1 is 1.14 bits per heavy atom. The maximum Gasteiger partial charge on any atom is 0.255 e. The van der Waals surface area contributed by atoms with Gasteiger partial charge < -0.3 is 10.1 Å². The fourth-order valence-electron chi connectivity index (χ4n) is 1.90. The van der Waals surface area contributed by atoms with Crippen LogP contribution in [0.2, 0.25) is 0 Å². The van der Waals surface area contributed by atoms with Crippen molar-refractivity contribution in [1.82, 2.24) is 0 Å². The van der Waals surface area contributed by atoms with Crippen LogP contribution in [-0.2, 0) is 4.74 Å². The average molecular weight is 309 g/mol. The number of nitrogens with one attached hydrogen (secondary N) is 1. The zero-order valence-electron chi connectivity index (χ0n) is 12.0. The van der Waals surface area contributed by atoms with Crippen LogP contribution in [-0.4, -0.2) is 13.0 Å². The predicted molar refractivity (Wildman–Crippen MR) is 76.1 cm³/mol. The minimum absolute atomic E-state index is 0.169. The molecule has 2 aromatic carbocycles. The van der Waals surface area contributed by atoms with E-state index in [-0.39, 0.29) is 11.7 Å². The van der Waals surface area contributed by atoms with E-state index in [1.165, 1.54) is 0 Å². The summed E-state index contributed by atoms with van der Waals surface area (Å²) in [4.78, 5) is 12.0. The lowest BCUT2D eigenvalue weighted by atomic mass is 10.1. The Bertz CT molecular complexity index is 681. The molecule has 0 saturated carbocycles. The average Bonchev–Trinajstić information content (AvgIpc) is 2.51. The van der Waals surface area contributed by atoms with Crippen LogP contribution in [0.15, 0.2) is 36.4 Å². The third kappa shape index (κ3) is 3.46. The minimum atomic E-state index is -1.60. The van der Waals surface area contributed by atoms with Gasteiger partial charge in [0.05, 0.1) is 6.10 Å². The number of methoxy groups -OCH3 is 1. The summed E-state index contributed by atoms with van der Waals surface area (Å²) in [6.45, 7) is 1.84. The lowest BCUT2D eigenvalue weighted by molar-refractivity contribution is 0.102. The molecule has 0 heterocycles. The van der Waals surface area contributed by atoms with Crippen LogP contribution in [0.3, 0.4) is 0 Å². The number of hydrogen-bond acceptors (Lipinski definition) is 2. The molecule has 0 bridgehead atoms. The van der Waals surface area contributed by atoms with Gasteiger partial charge in [0.15, 0.2) is 17.5 Å². The minimum Gasteiger partial charge on any atom is -0.377 e. The Labute approximate surface area is 125 Å². The molecule has 1 unspecified atom stereocenters. The molecule has 0 saturated heterocycles. The van der Waals surface area contributed by atoms with E-state index in [0.717, 1.165) is 5.56 Å². The molecular formula is C16H14F3NO2. The smallest absolute Gasteiger partial charge is 0.255 e. The molecule has 116 valence electrons. The van der Waals surface area contributed by atoms with Crippen molar-refractivity contribution < 1.29 is 22.7 Å². The molecule has 0 aliphatic rings. The Morgan fingerprint density at radius 2 is 1.77 bits per heavy atom. The molecule has 0 aliphatic carbocycles. The summed E-state index contributed by atoms with van der Waals surface area (Å²) in [6.07, 6.45) is -0.169. The number of anilines is 1. The Balaban J connectivity index is 2.22. The van der Waals surface area contributed by atoms with E-state index in [0.29, 0.717) is 17.8 Å². The third-order valence-corrected chi connectivity index (χ3v) is 3.21. The number of carbonyl (C=O) groups excluding carboxylic acids is 1. The predicted octanol–water partition coefficient (Wildman–Crippen LogP) is 4.06. The normalized spacial score (nSPS) is 12.0. The third-order valence-electron chi connectivity index (χ3n) is 3.21. The molecular weight excluding hydrogens is 295 g/mol. The highest BCUT2D eigenvalue weighted by atomic mass is 19.2. The van der Waals surface area contributed by atoms with Gasteiger partial charge in [-0.15, -0.1) is 0 Å². The lowest BCUT2D eigenvalue weighted by Gasteiger charge is -2.12. The van der Waals surface area contributed by atoms with E-state index >= 15 is 0 Å². The van der Waals surface area contributed by atoms with E-state index < -0.39 is 23.4 Å². The molecule has 1 N–H and O–H groups in total. The van der Waals surface area contributed by atoms with Gasteiger partial charge in [0.25, 0.3) is 5.91 Å². The van der Waals surface area contributed by atoms with Gasteiger partial charge in [0.1, 0.15) is 0 Å². The molecule has 1 amide bonds. The summed E-state index contributed by atoms with van der Waals surface area (Å²) in [5, 5.41) is 2.50. The van der Waals surface area contributed by atoms with Gasteiger partial charge in [0.2, 0.25) is 0 Å². The van der Waals surface area contributed by atoms with Crippen LogP contribution in [0, 0.1) is 17.5 Å². The number of amides is 1. The van der Waals surface area contributed by atoms with Crippen molar-refractivity contribution >= 4 is 11.6 Å². The van der Waals surface area contributed by atoms with Gasteiger partial charge in [-0.25, -0.2) is 13.2 Å². The molecule has 1 atom stereocenters. The largest absolute Gasteiger partial charge is 0.377 e. The van der Waals surface area contributed by atoms with Crippen molar-refractivity contribution in [2.45, 2.75) is 13.0 Å². The Morgan fingerprint density at radius 3 is 2.36 bits per heavy atom. The summed E-state index contributed by atoms with van der Waals surface area (Å²) >= 11 is 0. The van der Waals surface area contributed by atoms with Crippen molar-refractivity contribution in [3.63, 3.8) is 0 Å². The van der Waals surface area contributed by atoms with Crippen LogP contribution in [0.5, 0.6) is 0 Å². The van der Waals surface area contributed by atoms with Gasteiger partial charge in [-0.2, -0.15) is 0 Å². The van der Waals surface area contributed by atoms with Gasteiger partial charge in [-0.05, 0) is 36.8 Å². The maximum absolute atomic E-state index is 13.1. The molecule has 0 spiro atoms. The van der Waals surface area contributed by atoms with Crippen LogP contribution < -0.4 is 5.32 Å². The molecule has 2 aromatic rings. The number of carbonyl (C=O) groups is 1. The first kappa shape index (κ1) is 16.0. The van der Waals surface area contributed by atoms with Crippen molar-refractivity contribution in [3.8, 4) is 0 Å². The monoisotopic (exact) mass is 309 g/mol. The van der Waals surface area contributed by atoms with Gasteiger partial charge in [-0.1, -0.05) is 12.1 Å². The number of benzene rings is 2. The van der Waals surface area contributed by atoms with Crippen molar-refractivity contribution in [3.05, 3.63) is 65.0 Å². The first-order valence-corrected chi connectivity index (χ1v) is 6.51. The standard InChI is InChI=1S/C16H14F3NO2/c1-9(22-2)10-4-3-5-12(6-10)20-16(21)11-7-13(17)15(19)14(18)8-11/h3-9H,1-2H3,(H,20,21). The lowest BCUT2D eigenvalue weighted by Crippen LogP contribution is -2.13. The van der Waals surface area contributed by atoms with Crippen LogP contribution in [0.4, 0.5) is 18.9 Å². The number of ether oxygens (including phenoxy) is 1. The fourth-order valence-corrected chi connectivity index (χ4v) is 1.90. The zero-order valence-corrected chi connectivity index (χ0v) is 12.0. The quantitative estimate of drug-likeness (QED) is 0.865. The fraction of sp³-hybridized carbons (Fsp3) is 0.188.